The van der Waals surface area contributed by atoms with Gasteiger partial charge in [0, 0.05) is 49.6 Å². The van der Waals surface area contributed by atoms with Gasteiger partial charge in [-0.3, -0.25) is 9.59 Å². The predicted molar refractivity (Wildman–Crippen MR) is 163 cm³/mol. The standard InChI is InChI=1S/C32H36N4O5S/c1-4-22-17-32(22,29(37)19-42(39,40)25-13-14-25)35-30(38)28-16-24(18-33-28)41-31-26-8-6-5-7-21(26)15-27(34-31)20-9-11-23(12-10-20)36(2)3/h4-12,15,22,24-25,28,33H,1,13-14,16-19H2,2-3H3,(H,35,38)/t22-,24-,28+,32-/m1/s1. The lowest BCUT2D eigenvalue weighted by Gasteiger charge is -2.20. The molecule has 1 amide bonds. The molecule has 2 saturated carbocycles. The van der Waals surface area contributed by atoms with E-state index in [0.717, 1.165) is 27.7 Å². The summed E-state index contributed by atoms with van der Waals surface area (Å²) in [6, 6.07) is 17.5. The summed E-state index contributed by atoms with van der Waals surface area (Å²) in [5.74, 6) is -1.11. The van der Waals surface area contributed by atoms with Gasteiger partial charge in [-0.2, -0.15) is 0 Å². The fourth-order valence-electron chi connectivity index (χ4n) is 5.76. The number of carbonyl (C=O) groups is 2. The highest BCUT2D eigenvalue weighted by Crippen LogP contribution is 2.46. The molecule has 220 valence electrons. The van der Waals surface area contributed by atoms with Crippen LogP contribution in [0, 0.1) is 5.92 Å². The average molecular weight is 589 g/mol. The molecule has 3 fully saturated rings. The number of carbonyl (C=O) groups excluding carboxylic acids is 2. The summed E-state index contributed by atoms with van der Waals surface area (Å²) in [6.07, 6.45) is 3.25. The Bertz CT molecular complexity index is 1650. The first-order valence-electron chi connectivity index (χ1n) is 14.4. The van der Waals surface area contributed by atoms with Crippen LogP contribution in [0.1, 0.15) is 25.7 Å². The van der Waals surface area contributed by atoms with Gasteiger partial charge >= 0.3 is 0 Å². The number of aromatic nitrogens is 1. The van der Waals surface area contributed by atoms with E-state index in [1.807, 2.05) is 73.6 Å². The van der Waals surface area contributed by atoms with Gasteiger partial charge in [-0.25, -0.2) is 13.4 Å². The fourth-order valence-corrected chi connectivity index (χ4v) is 7.47. The summed E-state index contributed by atoms with van der Waals surface area (Å²) in [7, 11) is 0.509. The molecule has 0 unspecified atom stereocenters. The maximum atomic E-state index is 13.3. The molecule has 0 radical (unpaired) electrons. The van der Waals surface area contributed by atoms with Crippen LogP contribution in [0.15, 0.2) is 67.3 Å². The van der Waals surface area contributed by atoms with Crippen LogP contribution in [0.2, 0.25) is 0 Å². The highest BCUT2D eigenvalue weighted by Gasteiger charge is 2.60. The summed E-state index contributed by atoms with van der Waals surface area (Å²) in [4.78, 5) is 33.4. The Morgan fingerprint density at radius 1 is 1.17 bits per heavy atom. The van der Waals surface area contributed by atoms with Crippen molar-refractivity contribution in [1.82, 2.24) is 15.6 Å². The zero-order valence-corrected chi connectivity index (χ0v) is 24.7. The molecule has 0 bridgehead atoms. The maximum Gasteiger partial charge on any atom is 0.238 e. The zero-order valence-electron chi connectivity index (χ0n) is 23.9. The third-order valence-electron chi connectivity index (χ3n) is 8.58. The molecule has 1 saturated heterocycles. The van der Waals surface area contributed by atoms with Gasteiger partial charge in [0.15, 0.2) is 15.6 Å². The molecule has 2 aromatic carbocycles. The number of nitrogens with one attached hydrogen (secondary N) is 2. The zero-order chi connectivity index (χ0) is 29.6. The normalized spacial score (nSPS) is 25.1. The molecule has 3 aliphatic rings. The van der Waals surface area contributed by atoms with Gasteiger partial charge < -0.3 is 20.3 Å². The van der Waals surface area contributed by atoms with E-state index < -0.39 is 38.2 Å². The van der Waals surface area contributed by atoms with E-state index in [-0.39, 0.29) is 17.9 Å². The number of ether oxygens (including phenoxy) is 1. The number of sulfone groups is 1. The Labute approximate surface area is 246 Å². The van der Waals surface area contributed by atoms with Crippen molar-refractivity contribution in [2.45, 2.75) is 48.6 Å². The van der Waals surface area contributed by atoms with Crippen LogP contribution in [-0.4, -0.2) is 74.4 Å². The van der Waals surface area contributed by atoms with Crippen molar-refractivity contribution in [3.05, 3.63) is 67.3 Å². The molecule has 2 heterocycles. The number of pyridine rings is 1. The lowest BCUT2D eigenvalue weighted by Crippen LogP contribution is -2.52. The number of nitrogens with zero attached hydrogens (tertiary/aromatic N) is 2. The molecule has 2 N–H and O–H groups in total. The van der Waals surface area contributed by atoms with Crippen LogP contribution in [0.3, 0.4) is 0 Å². The minimum atomic E-state index is -3.49. The number of hydrogen-bond donors (Lipinski definition) is 2. The van der Waals surface area contributed by atoms with E-state index in [1.165, 1.54) is 0 Å². The van der Waals surface area contributed by atoms with Crippen molar-refractivity contribution in [2.75, 3.05) is 31.3 Å². The van der Waals surface area contributed by atoms with E-state index in [2.05, 4.69) is 17.2 Å². The number of benzene rings is 2. The first kappa shape index (κ1) is 28.4. The summed E-state index contributed by atoms with van der Waals surface area (Å²) in [6.45, 7) is 4.20. The Kier molecular flexibility index (Phi) is 7.31. The van der Waals surface area contributed by atoms with Gasteiger partial charge in [-0.1, -0.05) is 36.4 Å². The second-order valence-electron chi connectivity index (χ2n) is 11.8. The number of amides is 1. The molecule has 3 aromatic rings. The Morgan fingerprint density at radius 2 is 1.90 bits per heavy atom. The van der Waals surface area contributed by atoms with Crippen molar-refractivity contribution in [3.8, 4) is 17.1 Å². The van der Waals surface area contributed by atoms with Crippen LogP contribution in [0.25, 0.3) is 22.0 Å². The second kappa shape index (κ2) is 10.8. The van der Waals surface area contributed by atoms with E-state index in [0.29, 0.717) is 38.1 Å². The summed E-state index contributed by atoms with van der Waals surface area (Å²) >= 11 is 0. The van der Waals surface area contributed by atoms with E-state index in [4.69, 9.17) is 9.72 Å². The largest absolute Gasteiger partial charge is 0.472 e. The number of hydrogen-bond acceptors (Lipinski definition) is 8. The number of Topliss-reactive ketones (excluding diaryl/α,β-unsaturated/α-hetero) is 1. The van der Waals surface area contributed by atoms with Crippen molar-refractivity contribution < 1.29 is 22.7 Å². The van der Waals surface area contributed by atoms with E-state index >= 15 is 0 Å². The monoisotopic (exact) mass is 588 g/mol. The van der Waals surface area contributed by atoms with Crippen LogP contribution >= 0.6 is 0 Å². The molecule has 4 atom stereocenters. The molecule has 9 nitrogen and oxygen atoms in total. The first-order chi connectivity index (χ1) is 20.1. The van der Waals surface area contributed by atoms with Crippen LogP contribution in [0.5, 0.6) is 5.88 Å². The Morgan fingerprint density at radius 3 is 2.57 bits per heavy atom. The Balaban J connectivity index is 1.16. The topological polar surface area (TPSA) is 118 Å². The molecular weight excluding hydrogens is 552 g/mol. The third kappa shape index (κ3) is 5.53. The van der Waals surface area contributed by atoms with Gasteiger partial charge in [0.05, 0.1) is 17.0 Å². The SMILES string of the molecule is C=C[C@@H]1C[C@]1(NC(=O)[C@@H]1C[C@@H](Oc2nc(-c3ccc(N(C)C)cc3)cc3ccccc23)CN1)C(=O)CS(=O)(=O)C1CC1. The second-order valence-corrected chi connectivity index (χ2v) is 14.1. The summed E-state index contributed by atoms with van der Waals surface area (Å²) < 4.78 is 31.4. The first-order valence-corrected chi connectivity index (χ1v) is 16.1. The molecule has 6 rings (SSSR count). The lowest BCUT2D eigenvalue weighted by molar-refractivity contribution is -0.129. The molecule has 2 aliphatic carbocycles. The molecule has 1 aliphatic heterocycles. The number of ketones is 1. The highest BCUT2D eigenvalue weighted by molar-refractivity contribution is 7.93. The van der Waals surface area contributed by atoms with Crippen molar-refractivity contribution >= 4 is 38.0 Å². The molecular formula is C32H36N4O5S. The Hall–Kier alpha value is -3.76. The van der Waals surface area contributed by atoms with E-state index in [1.54, 1.807) is 6.08 Å². The third-order valence-corrected chi connectivity index (χ3v) is 10.7. The van der Waals surface area contributed by atoms with Gasteiger partial charge in [0.2, 0.25) is 11.8 Å². The summed E-state index contributed by atoms with van der Waals surface area (Å²) in [5.41, 5.74) is 1.66. The molecule has 42 heavy (non-hydrogen) atoms. The van der Waals surface area contributed by atoms with Gasteiger partial charge in [-0.15, -0.1) is 6.58 Å². The van der Waals surface area contributed by atoms with Crippen molar-refractivity contribution in [3.63, 3.8) is 0 Å². The van der Waals surface area contributed by atoms with E-state index in [9.17, 15) is 18.0 Å². The fraction of sp³-hybridized carbons (Fsp3) is 0.406. The highest BCUT2D eigenvalue weighted by atomic mass is 32.2. The minimum Gasteiger partial charge on any atom is -0.472 e. The lowest BCUT2D eigenvalue weighted by atomic mass is 10.1. The number of fused-ring (bicyclic) bond motifs is 1. The number of rotatable bonds is 11. The van der Waals surface area contributed by atoms with Gasteiger partial charge in [-0.05, 0) is 48.9 Å². The van der Waals surface area contributed by atoms with Crippen molar-refractivity contribution in [1.29, 1.82) is 0 Å². The average Bonchev–Trinajstić information content (AvgIpc) is 3.90. The van der Waals surface area contributed by atoms with Gasteiger partial charge in [0.1, 0.15) is 17.4 Å². The maximum absolute atomic E-state index is 13.3. The van der Waals surface area contributed by atoms with Crippen LogP contribution in [0.4, 0.5) is 5.69 Å². The predicted octanol–water partition coefficient (Wildman–Crippen LogP) is 3.28. The number of anilines is 1. The molecule has 0 spiro atoms. The van der Waals surface area contributed by atoms with Crippen molar-refractivity contribution in [2.24, 2.45) is 5.92 Å². The minimum absolute atomic E-state index is 0.276. The van der Waals surface area contributed by atoms with Gasteiger partial charge in [0.25, 0.3) is 0 Å². The van der Waals surface area contributed by atoms with Crippen LogP contribution < -0.4 is 20.3 Å². The van der Waals surface area contributed by atoms with Crippen LogP contribution in [-0.2, 0) is 19.4 Å². The summed E-state index contributed by atoms with van der Waals surface area (Å²) in [5, 5.41) is 7.56. The smallest absolute Gasteiger partial charge is 0.238 e. The quantitative estimate of drug-likeness (QED) is 0.328. The molecule has 1 aromatic heterocycles. The molecule has 10 heteroatoms.